The zero-order valence-corrected chi connectivity index (χ0v) is 9.01. The molecule has 0 aliphatic carbocycles. The fourth-order valence-electron chi connectivity index (χ4n) is 1.05. The first-order valence-electron chi connectivity index (χ1n) is 4.16. The van der Waals surface area contributed by atoms with E-state index in [2.05, 4.69) is 10.1 Å². The highest BCUT2D eigenvalue weighted by molar-refractivity contribution is 7.99. The van der Waals surface area contributed by atoms with E-state index in [0.717, 1.165) is 10.7 Å². The fraction of sp³-hybridized carbons (Fsp3) is 0.333. The van der Waals surface area contributed by atoms with Gasteiger partial charge >= 0.3 is 0 Å². The molecule has 14 heavy (non-hydrogen) atoms. The van der Waals surface area contributed by atoms with Crippen LogP contribution in [0.15, 0.2) is 22.3 Å². The van der Waals surface area contributed by atoms with E-state index in [1.54, 1.807) is 0 Å². The lowest BCUT2D eigenvalue weighted by Gasteiger charge is -2.02. The maximum Gasteiger partial charge on any atom is 0.149 e. The summed E-state index contributed by atoms with van der Waals surface area (Å²) >= 11 is 1.45. The van der Waals surface area contributed by atoms with Gasteiger partial charge in [-0.2, -0.15) is 0 Å². The lowest BCUT2D eigenvalue weighted by molar-refractivity contribution is 0.318. The molecule has 0 spiro atoms. The van der Waals surface area contributed by atoms with Crippen LogP contribution in [0.5, 0.6) is 0 Å². The Hall–Kier alpha value is -1.23. The zero-order chi connectivity index (χ0) is 10.6. The minimum Gasteiger partial charge on any atom is -0.409 e. The Labute approximate surface area is 87.2 Å². The van der Waals surface area contributed by atoms with Crippen molar-refractivity contribution in [3.8, 4) is 0 Å². The number of nitrogens with two attached hydrogens (primary N) is 1. The Morgan fingerprint density at radius 1 is 1.57 bits per heavy atom. The van der Waals surface area contributed by atoms with E-state index in [9.17, 15) is 0 Å². The highest BCUT2D eigenvalue weighted by Gasteiger charge is 2.00. The average Bonchev–Trinajstić information content (AvgIpc) is 2.12. The summed E-state index contributed by atoms with van der Waals surface area (Å²) in [7, 11) is 0. The first-order valence-corrected chi connectivity index (χ1v) is 5.15. The van der Waals surface area contributed by atoms with Crippen molar-refractivity contribution in [1.82, 2.24) is 4.98 Å². The predicted octanol–water partition coefficient (Wildman–Crippen LogP) is 1.54. The van der Waals surface area contributed by atoms with E-state index >= 15 is 0 Å². The lowest BCUT2D eigenvalue weighted by Crippen LogP contribution is -2.14. The van der Waals surface area contributed by atoms with Crippen molar-refractivity contribution in [1.29, 1.82) is 0 Å². The summed E-state index contributed by atoms with van der Waals surface area (Å²) in [6.07, 6.45) is 0. The minimum atomic E-state index is 0.205. The standard InChI is InChI=1S/C9H13N3OS/c1-6-3-7(2)11-9(4-6)14-5-8(10)12-13/h3-4,13H,5H2,1-2H3,(H2,10,12). The molecule has 0 saturated heterocycles. The van der Waals surface area contributed by atoms with Crippen molar-refractivity contribution < 1.29 is 5.21 Å². The molecule has 0 atom stereocenters. The van der Waals surface area contributed by atoms with Crippen LogP contribution in [0.25, 0.3) is 0 Å². The number of hydrogen-bond acceptors (Lipinski definition) is 4. The largest absolute Gasteiger partial charge is 0.409 e. The second kappa shape index (κ2) is 4.85. The first-order chi connectivity index (χ1) is 6.61. The molecule has 0 bridgehead atoms. The van der Waals surface area contributed by atoms with E-state index in [-0.39, 0.29) is 5.84 Å². The molecule has 76 valence electrons. The molecular weight excluding hydrogens is 198 g/mol. The van der Waals surface area contributed by atoms with Gasteiger partial charge in [-0.05, 0) is 31.5 Å². The molecule has 1 aromatic rings. The molecule has 1 aromatic heterocycles. The summed E-state index contributed by atoms with van der Waals surface area (Å²) in [5.41, 5.74) is 7.49. The maximum absolute atomic E-state index is 8.35. The molecular formula is C9H13N3OS. The van der Waals surface area contributed by atoms with Gasteiger partial charge in [-0.25, -0.2) is 4.98 Å². The molecule has 0 unspecified atom stereocenters. The molecule has 0 aliphatic rings. The van der Waals surface area contributed by atoms with Crippen molar-refractivity contribution in [2.75, 3.05) is 5.75 Å². The number of thioether (sulfide) groups is 1. The highest BCUT2D eigenvalue weighted by atomic mass is 32.2. The van der Waals surface area contributed by atoms with Crippen LogP contribution in [0.2, 0.25) is 0 Å². The van der Waals surface area contributed by atoms with Crippen molar-refractivity contribution in [3.63, 3.8) is 0 Å². The Bertz CT molecular complexity index is 332. The van der Waals surface area contributed by atoms with Gasteiger partial charge in [0.25, 0.3) is 0 Å². The van der Waals surface area contributed by atoms with Crippen LogP contribution >= 0.6 is 11.8 Å². The third-order valence-corrected chi connectivity index (χ3v) is 2.52. The normalized spacial score (nSPS) is 11.7. The Kier molecular flexibility index (Phi) is 3.76. The van der Waals surface area contributed by atoms with Gasteiger partial charge < -0.3 is 10.9 Å². The Morgan fingerprint density at radius 3 is 2.86 bits per heavy atom. The van der Waals surface area contributed by atoms with Gasteiger partial charge in [-0.1, -0.05) is 16.9 Å². The van der Waals surface area contributed by atoms with Gasteiger partial charge in [0.1, 0.15) is 5.84 Å². The zero-order valence-electron chi connectivity index (χ0n) is 8.19. The summed E-state index contributed by atoms with van der Waals surface area (Å²) in [6, 6.07) is 3.98. The Morgan fingerprint density at radius 2 is 2.29 bits per heavy atom. The lowest BCUT2D eigenvalue weighted by atomic mass is 10.3. The van der Waals surface area contributed by atoms with Crippen LogP contribution in [-0.4, -0.2) is 21.8 Å². The molecule has 0 fully saturated rings. The fourth-order valence-corrected chi connectivity index (χ4v) is 1.89. The molecule has 0 amide bonds. The van der Waals surface area contributed by atoms with Gasteiger partial charge in [0.2, 0.25) is 0 Å². The van der Waals surface area contributed by atoms with Gasteiger partial charge in [0.05, 0.1) is 10.8 Å². The molecule has 1 heterocycles. The quantitative estimate of drug-likeness (QED) is 0.261. The molecule has 3 N–H and O–H groups in total. The van der Waals surface area contributed by atoms with E-state index in [1.165, 1.54) is 17.3 Å². The third kappa shape index (κ3) is 3.26. The smallest absolute Gasteiger partial charge is 0.149 e. The van der Waals surface area contributed by atoms with Crippen LogP contribution < -0.4 is 5.73 Å². The van der Waals surface area contributed by atoms with E-state index in [0.29, 0.717) is 5.75 Å². The number of aromatic nitrogens is 1. The highest BCUT2D eigenvalue weighted by Crippen LogP contribution is 2.16. The summed E-state index contributed by atoms with van der Waals surface area (Å²) < 4.78 is 0. The summed E-state index contributed by atoms with van der Waals surface area (Å²) in [6.45, 7) is 3.96. The number of aryl methyl sites for hydroxylation is 2. The van der Waals surface area contributed by atoms with Crippen LogP contribution in [-0.2, 0) is 0 Å². The van der Waals surface area contributed by atoms with Gasteiger partial charge in [-0.3, -0.25) is 0 Å². The summed E-state index contributed by atoms with van der Waals surface area (Å²) in [5.74, 6) is 0.655. The molecule has 1 rings (SSSR count). The second-order valence-electron chi connectivity index (χ2n) is 3.00. The number of nitrogens with zero attached hydrogens (tertiary/aromatic N) is 2. The van der Waals surface area contributed by atoms with Gasteiger partial charge in [-0.15, -0.1) is 0 Å². The van der Waals surface area contributed by atoms with Crippen LogP contribution in [0.3, 0.4) is 0 Å². The second-order valence-corrected chi connectivity index (χ2v) is 4.00. The number of oxime groups is 1. The number of rotatable bonds is 3. The van der Waals surface area contributed by atoms with Crippen LogP contribution in [0.4, 0.5) is 0 Å². The summed E-state index contributed by atoms with van der Waals surface area (Å²) in [5, 5.41) is 12.1. The SMILES string of the molecule is Cc1cc(C)nc(SC/C(N)=N/O)c1. The van der Waals surface area contributed by atoms with E-state index in [1.807, 2.05) is 26.0 Å². The first kappa shape index (κ1) is 10.8. The monoisotopic (exact) mass is 211 g/mol. The number of amidine groups is 1. The van der Waals surface area contributed by atoms with Crippen molar-refractivity contribution in [2.45, 2.75) is 18.9 Å². The van der Waals surface area contributed by atoms with Gasteiger partial charge in [0.15, 0.2) is 0 Å². The maximum atomic E-state index is 8.35. The van der Waals surface area contributed by atoms with E-state index < -0.39 is 0 Å². The minimum absolute atomic E-state index is 0.205. The molecule has 0 aromatic carbocycles. The average molecular weight is 211 g/mol. The molecule has 0 radical (unpaired) electrons. The van der Waals surface area contributed by atoms with Crippen molar-refractivity contribution >= 4 is 17.6 Å². The van der Waals surface area contributed by atoms with Crippen LogP contribution in [0.1, 0.15) is 11.3 Å². The number of hydrogen-bond donors (Lipinski definition) is 2. The summed E-state index contributed by atoms with van der Waals surface area (Å²) in [4.78, 5) is 4.31. The third-order valence-electron chi connectivity index (χ3n) is 1.57. The number of pyridine rings is 1. The molecule has 5 heteroatoms. The Balaban J connectivity index is 2.67. The van der Waals surface area contributed by atoms with E-state index in [4.69, 9.17) is 10.9 Å². The van der Waals surface area contributed by atoms with Gasteiger partial charge in [0, 0.05) is 5.69 Å². The van der Waals surface area contributed by atoms with Crippen molar-refractivity contribution in [2.24, 2.45) is 10.9 Å². The topological polar surface area (TPSA) is 71.5 Å². The molecule has 0 aliphatic heterocycles. The molecule has 4 nitrogen and oxygen atoms in total. The predicted molar refractivity (Wildman–Crippen MR) is 57.8 cm³/mol. The molecule has 0 saturated carbocycles. The van der Waals surface area contributed by atoms with Crippen molar-refractivity contribution in [3.05, 3.63) is 23.4 Å². The van der Waals surface area contributed by atoms with Crippen LogP contribution in [0, 0.1) is 13.8 Å².